The predicted octanol–water partition coefficient (Wildman–Crippen LogP) is 0.978. The van der Waals surface area contributed by atoms with Gasteiger partial charge in [0.25, 0.3) is 0 Å². The minimum atomic E-state index is 0.00273. The standard InChI is InChI=1S/C12H13N3O2/c16-11-6-10(13-4-5-14-11)9-7-17-12-8(9)2-1-3-15-12/h1-3,7,10,13H,4-6H2,(H,14,16). The summed E-state index contributed by atoms with van der Waals surface area (Å²) in [6, 6.07) is 3.84. The maximum Gasteiger partial charge on any atom is 0.226 e. The maximum atomic E-state index is 11.5. The summed E-state index contributed by atoms with van der Waals surface area (Å²) in [6.07, 6.45) is 3.82. The molecule has 1 amide bonds. The lowest BCUT2D eigenvalue weighted by atomic mass is 10.0. The van der Waals surface area contributed by atoms with Crippen molar-refractivity contribution in [3.63, 3.8) is 0 Å². The van der Waals surface area contributed by atoms with E-state index in [0.29, 0.717) is 18.7 Å². The zero-order valence-corrected chi connectivity index (χ0v) is 9.27. The number of hydrogen-bond acceptors (Lipinski definition) is 4. The van der Waals surface area contributed by atoms with Gasteiger partial charge in [-0.15, -0.1) is 0 Å². The van der Waals surface area contributed by atoms with Crippen LogP contribution in [0.1, 0.15) is 18.0 Å². The molecule has 2 aromatic rings. The molecular formula is C12H13N3O2. The third-order valence-corrected chi connectivity index (χ3v) is 2.98. The molecule has 17 heavy (non-hydrogen) atoms. The number of furan rings is 1. The van der Waals surface area contributed by atoms with Gasteiger partial charge >= 0.3 is 0 Å². The third-order valence-electron chi connectivity index (χ3n) is 2.98. The van der Waals surface area contributed by atoms with E-state index in [1.54, 1.807) is 12.5 Å². The smallest absolute Gasteiger partial charge is 0.226 e. The minimum absolute atomic E-state index is 0.00273. The Bertz CT molecular complexity index is 549. The Morgan fingerprint density at radius 1 is 1.41 bits per heavy atom. The molecule has 1 saturated heterocycles. The Morgan fingerprint density at radius 2 is 2.35 bits per heavy atom. The molecule has 2 aromatic heterocycles. The second-order valence-electron chi connectivity index (χ2n) is 4.11. The van der Waals surface area contributed by atoms with Crippen molar-refractivity contribution in [1.82, 2.24) is 15.6 Å². The summed E-state index contributed by atoms with van der Waals surface area (Å²) in [5, 5.41) is 7.14. The van der Waals surface area contributed by atoms with Crippen molar-refractivity contribution >= 4 is 17.0 Å². The van der Waals surface area contributed by atoms with Crippen molar-refractivity contribution in [2.75, 3.05) is 13.1 Å². The van der Waals surface area contributed by atoms with Crippen LogP contribution in [0.25, 0.3) is 11.1 Å². The summed E-state index contributed by atoms with van der Waals surface area (Å²) in [5.41, 5.74) is 1.62. The molecule has 1 aliphatic rings. The van der Waals surface area contributed by atoms with Gasteiger partial charge in [0.15, 0.2) is 0 Å². The van der Waals surface area contributed by atoms with Crippen molar-refractivity contribution in [1.29, 1.82) is 0 Å². The molecule has 88 valence electrons. The van der Waals surface area contributed by atoms with Gasteiger partial charge in [-0.3, -0.25) is 4.79 Å². The van der Waals surface area contributed by atoms with E-state index in [0.717, 1.165) is 17.5 Å². The number of pyridine rings is 1. The molecule has 1 aliphatic heterocycles. The molecule has 0 bridgehead atoms. The fourth-order valence-electron chi connectivity index (χ4n) is 2.16. The first-order valence-electron chi connectivity index (χ1n) is 5.67. The summed E-state index contributed by atoms with van der Waals surface area (Å²) in [5.74, 6) is 0.0678. The van der Waals surface area contributed by atoms with Gasteiger partial charge < -0.3 is 15.1 Å². The zero-order valence-electron chi connectivity index (χ0n) is 9.27. The number of hydrogen-bond donors (Lipinski definition) is 2. The number of carbonyl (C=O) groups is 1. The quantitative estimate of drug-likeness (QED) is 0.767. The minimum Gasteiger partial charge on any atom is -0.446 e. The third kappa shape index (κ3) is 1.89. The molecule has 0 radical (unpaired) electrons. The van der Waals surface area contributed by atoms with Crippen molar-refractivity contribution in [3.8, 4) is 0 Å². The molecule has 1 unspecified atom stereocenters. The molecule has 1 fully saturated rings. The molecule has 0 saturated carbocycles. The van der Waals surface area contributed by atoms with Gasteiger partial charge in [0.2, 0.25) is 11.6 Å². The van der Waals surface area contributed by atoms with Gasteiger partial charge in [0.05, 0.1) is 6.26 Å². The van der Waals surface area contributed by atoms with Crippen LogP contribution in [0.3, 0.4) is 0 Å². The van der Waals surface area contributed by atoms with Gasteiger partial charge in [-0.05, 0) is 12.1 Å². The second-order valence-corrected chi connectivity index (χ2v) is 4.11. The van der Waals surface area contributed by atoms with E-state index in [4.69, 9.17) is 4.42 Å². The number of aromatic nitrogens is 1. The Labute approximate surface area is 98.2 Å². The van der Waals surface area contributed by atoms with E-state index in [-0.39, 0.29) is 11.9 Å². The highest BCUT2D eigenvalue weighted by molar-refractivity contribution is 5.81. The van der Waals surface area contributed by atoms with Crippen LogP contribution < -0.4 is 10.6 Å². The van der Waals surface area contributed by atoms with Gasteiger partial charge in [0.1, 0.15) is 0 Å². The highest BCUT2D eigenvalue weighted by atomic mass is 16.3. The Morgan fingerprint density at radius 3 is 3.29 bits per heavy atom. The lowest BCUT2D eigenvalue weighted by molar-refractivity contribution is -0.121. The van der Waals surface area contributed by atoms with E-state index in [2.05, 4.69) is 15.6 Å². The van der Waals surface area contributed by atoms with E-state index in [1.165, 1.54) is 0 Å². The monoisotopic (exact) mass is 231 g/mol. The van der Waals surface area contributed by atoms with E-state index in [9.17, 15) is 4.79 Å². The molecule has 5 heteroatoms. The van der Waals surface area contributed by atoms with Crippen LogP contribution in [-0.2, 0) is 4.79 Å². The summed E-state index contributed by atoms with van der Waals surface area (Å²) in [6.45, 7) is 1.44. The molecular weight excluding hydrogens is 218 g/mol. The predicted molar refractivity (Wildman–Crippen MR) is 62.4 cm³/mol. The first-order chi connectivity index (χ1) is 8.34. The topological polar surface area (TPSA) is 67.2 Å². The largest absolute Gasteiger partial charge is 0.446 e. The number of fused-ring (bicyclic) bond motifs is 1. The van der Waals surface area contributed by atoms with Crippen LogP contribution in [0.2, 0.25) is 0 Å². The van der Waals surface area contributed by atoms with Crippen molar-refractivity contribution in [2.24, 2.45) is 0 Å². The fraction of sp³-hybridized carbons (Fsp3) is 0.333. The molecule has 3 heterocycles. The summed E-state index contributed by atoms with van der Waals surface area (Å²) in [7, 11) is 0. The average Bonchev–Trinajstić information content (AvgIpc) is 2.66. The fourth-order valence-corrected chi connectivity index (χ4v) is 2.16. The van der Waals surface area contributed by atoms with Gasteiger partial charge in [0, 0.05) is 42.7 Å². The zero-order chi connectivity index (χ0) is 11.7. The lowest BCUT2D eigenvalue weighted by Gasteiger charge is -2.12. The second kappa shape index (κ2) is 4.18. The van der Waals surface area contributed by atoms with Gasteiger partial charge in [-0.2, -0.15) is 0 Å². The van der Waals surface area contributed by atoms with Gasteiger partial charge in [-0.1, -0.05) is 0 Å². The Kier molecular flexibility index (Phi) is 2.53. The lowest BCUT2D eigenvalue weighted by Crippen LogP contribution is -2.24. The van der Waals surface area contributed by atoms with E-state index in [1.807, 2.05) is 12.1 Å². The highest BCUT2D eigenvalue weighted by Gasteiger charge is 2.22. The molecule has 0 spiro atoms. The summed E-state index contributed by atoms with van der Waals surface area (Å²) in [4.78, 5) is 15.7. The average molecular weight is 231 g/mol. The molecule has 0 aromatic carbocycles. The number of nitrogens with zero attached hydrogens (tertiary/aromatic N) is 1. The number of carbonyl (C=O) groups excluding carboxylic acids is 1. The molecule has 2 N–H and O–H groups in total. The Balaban J connectivity index is 1.99. The first kappa shape index (κ1) is 10.3. The maximum absolute atomic E-state index is 11.5. The first-order valence-corrected chi connectivity index (χ1v) is 5.67. The SMILES string of the molecule is O=C1CC(c2coc3ncccc23)NCCN1. The van der Waals surface area contributed by atoms with E-state index >= 15 is 0 Å². The van der Waals surface area contributed by atoms with Crippen LogP contribution in [0.15, 0.2) is 29.0 Å². The van der Waals surface area contributed by atoms with Crippen LogP contribution in [-0.4, -0.2) is 24.0 Å². The van der Waals surface area contributed by atoms with E-state index < -0.39 is 0 Å². The van der Waals surface area contributed by atoms with Crippen LogP contribution in [0.4, 0.5) is 0 Å². The van der Waals surface area contributed by atoms with Gasteiger partial charge in [-0.25, -0.2) is 4.98 Å². The molecule has 5 nitrogen and oxygen atoms in total. The number of rotatable bonds is 1. The summed E-state index contributed by atoms with van der Waals surface area (Å²) >= 11 is 0. The molecule has 0 aliphatic carbocycles. The van der Waals surface area contributed by atoms with Crippen LogP contribution in [0.5, 0.6) is 0 Å². The Hall–Kier alpha value is -1.88. The van der Waals surface area contributed by atoms with Crippen molar-refractivity contribution in [2.45, 2.75) is 12.5 Å². The summed E-state index contributed by atoms with van der Waals surface area (Å²) < 4.78 is 5.40. The molecule has 1 atom stereocenters. The highest BCUT2D eigenvalue weighted by Crippen LogP contribution is 2.27. The molecule has 3 rings (SSSR count). The van der Waals surface area contributed by atoms with Crippen LogP contribution >= 0.6 is 0 Å². The van der Waals surface area contributed by atoms with Crippen molar-refractivity contribution in [3.05, 3.63) is 30.2 Å². The normalized spacial score (nSPS) is 21.2. The van der Waals surface area contributed by atoms with Crippen LogP contribution in [0, 0.1) is 0 Å². The number of nitrogens with one attached hydrogen (secondary N) is 2. The number of amides is 1. The van der Waals surface area contributed by atoms with Crippen molar-refractivity contribution < 1.29 is 9.21 Å².